The first kappa shape index (κ1) is 13.7. The second-order valence-electron chi connectivity index (χ2n) is 4.74. The summed E-state index contributed by atoms with van der Waals surface area (Å²) < 4.78 is 42.5. The van der Waals surface area contributed by atoms with Crippen molar-refractivity contribution in [2.45, 2.75) is 32.2 Å². The average molecular weight is 273 g/mol. The van der Waals surface area contributed by atoms with Gasteiger partial charge in [-0.15, -0.1) is 0 Å². The highest BCUT2D eigenvalue weighted by Gasteiger charge is 2.35. The molecule has 0 saturated carbocycles. The molecule has 0 spiro atoms. The molecular weight excluding hydrogens is 259 g/mol. The van der Waals surface area contributed by atoms with E-state index in [4.69, 9.17) is 4.74 Å². The molecule has 1 aliphatic rings. The Kier molecular flexibility index (Phi) is 3.43. The molecule has 104 valence electrons. The van der Waals surface area contributed by atoms with Crippen LogP contribution in [0.1, 0.15) is 31.1 Å². The highest BCUT2D eigenvalue weighted by molar-refractivity contribution is 5.70. The lowest BCUT2D eigenvalue weighted by Crippen LogP contribution is -2.31. The molecule has 0 bridgehead atoms. The Labute approximate surface area is 109 Å². The zero-order chi connectivity index (χ0) is 14.2. The van der Waals surface area contributed by atoms with Gasteiger partial charge in [-0.1, -0.05) is 12.1 Å². The summed E-state index contributed by atoms with van der Waals surface area (Å²) in [4.78, 5) is 13.1. The van der Waals surface area contributed by atoms with Gasteiger partial charge >= 0.3 is 12.3 Å². The van der Waals surface area contributed by atoms with Gasteiger partial charge in [-0.3, -0.25) is 0 Å². The highest BCUT2D eigenvalue weighted by atomic mass is 19.4. The Morgan fingerprint density at radius 2 is 1.84 bits per heavy atom. The van der Waals surface area contributed by atoms with E-state index in [0.717, 1.165) is 12.1 Å². The van der Waals surface area contributed by atoms with Crippen molar-refractivity contribution >= 4 is 6.09 Å². The molecule has 1 aliphatic heterocycles. The normalized spacial score (nSPS) is 20.0. The molecule has 2 rings (SSSR count). The van der Waals surface area contributed by atoms with Gasteiger partial charge in [-0.2, -0.15) is 13.2 Å². The minimum atomic E-state index is -4.35. The van der Waals surface area contributed by atoms with E-state index in [1.54, 1.807) is 4.90 Å². The van der Waals surface area contributed by atoms with Crippen molar-refractivity contribution in [3.63, 3.8) is 0 Å². The zero-order valence-corrected chi connectivity index (χ0v) is 10.6. The fourth-order valence-corrected chi connectivity index (χ4v) is 1.96. The molecular formula is C13H14F3NO2. The summed E-state index contributed by atoms with van der Waals surface area (Å²) in [7, 11) is 0. The van der Waals surface area contributed by atoms with Crippen molar-refractivity contribution in [1.82, 2.24) is 4.90 Å². The lowest BCUT2D eigenvalue weighted by atomic mass is 10.1. The van der Waals surface area contributed by atoms with Crippen LogP contribution in [-0.4, -0.2) is 23.6 Å². The van der Waals surface area contributed by atoms with Gasteiger partial charge in [0.15, 0.2) is 0 Å². The number of benzene rings is 1. The van der Waals surface area contributed by atoms with Gasteiger partial charge in [0, 0.05) is 6.04 Å². The molecule has 19 heavy (non-hydrogen) atoms. The predicted molar refractivity (Wildman–Crippen MR) is 62.5 cm³/mol. The van der Waals surface area contributed by atoms with Gasteiger partial charge in [0.2, 0.25) is 0 Å². The van der Waals surface area contributed by atoms with E-state index in [2.05, 4.69) is 0 Å². The summed E-state index contributed by atoms with van der Waals surface area (Å²) in [5, 5.41) is 0. The van der Waals surface area contributed by atoms with Crippen LogP contribution >= 0.6 is 0 Å². The molecule has 1 fully saturated rings. The van der Waals surface area contributed by atoms with E-state index in [1.807, 2.05) is 13.8 Å². The van der Waals surface area contributed by atoms with Crippen LogP contribution in [-0.2, 0) is 10.9 Å². The van der Waals surface area contributed by atoms with Crippen LogP contribution in [0.5, 0.6) is 0 Å². The van der Waals surface area contributed by atoms with Gasteiger partial charge in [0.05, 0.1) is 12.1 Å². The van der Waals surface area contributed by atoms with Crippen LogP contribution in [0.4, 0.5) is 18.0 Å². The van der Waals surface area contributed by atoms with Crippen LogP contribution in [0.3, 0.4) is 0 Å². The van der Waals surface area contributed by atoms with Gasteiger partial charge in [-0.25, -0.2) is 4.79 Å². The Morgan fingerprint density at radius 1 is 1.26 bits per heavy atom. The van der Waals surface area contributed by atoms with Crippen LogP contribution < -0.4 is 0 Å². The minimum absolute atomic E-state index is 0.00643. The van der Waals surface area contributed by atoms with Gasteiger partial charge in [0.1, 0.15) is 6.10 Å². The Hall–Kier alpha value is -1.72. The van der Waals surface area contributed by atoms with Crippen molar-refractivity contribution in [3.8, 4) is 0 Å². The van der Waals surface area contributed by atoms with Crippen LogP contribution in [0.2, 0.25) is 0 Å². The second kappa shape index (κ2) is 4.75. The van der Waals surface area contributed by atoms with Crippen molar-refractivity contribution in [2.24, 2.45) is 0 Å². The summed E-state index contributed by atoms with van der Waals surface area (Å²) in [5.74, 6) is 0. The van der Waals surface area contributed by atoms with Crippen molar-refractivity contribution in [1.29, 1.82) is 0 Å². The van der Waals surface area contributed by atoms with Gasteiger partial charge in [-0.05, 0) is 31.5 Å². The number of amides is 1. The maximum Gasteiger partial charge on any atom is 0.416 e. The Bertz CT molecular complexity index is 468. The zero-order valence-electron chi connectivity index (χ0n) is 10.6. The van der Waals surface area contributed by atoms with Crippen molar-refractivity contribution in [2.75, 3.05) is 6.54 Å². The molecule has 1 amide bonds. The number of halogens is 3. The molecule has 0 aromatic heterocycles. The topological polar surface area (TPSA) is 29.5 Å². The smallest absolute Gasteiger partial charge is 0.416 e. The SMILES string of the molecule is CC(C)N1CC(c2ccc(C(F)(F)F)cc2)OC1=O. The minimum Gasteiger partial charge on any atom is -0.439 e. The van der Waals surface area contributed by atoms with Crippen molar-refractivity contribution < 1.29 is 22.7 Å². The fourth-order valence-electron chi connectivity index (χ4n) is 1.96. The second-order valence-corrected chi connectivity index (χ2v) is 4.74. The van der Waals surface area contributed by atoms with E-state index in [1.165, 1.54) is 12.1 Å². The van der Waals surface area contributed by atoms with E-state index in [0.29, 0.717) is 12.1 Å². The predicted octanol–water partition coefficient (Wildman–Crippen LogP) is 3.61. The number of rotatable bonds is 2. The molecule has 0 N–H and O–H groups in total. The first-order valence-electron chi connectivity index (χ1n) is 5.93. The first-order valence-corrected chi connectivity index (χ1v) is 5.93. The number of hydrogen-bond donors (Lipinski definition) is 0. The number of carbonyl (C=O) groups is 1. The summed E-state index contributed by atoms with van der Waals surface area (Å²) in [6.07, 6.45) is -5.29. The molecule has 1 aromatic rings. The number of ether oxygens (including phenoxy) is 1. The number of carbonyl (C=O) groups excluding carboxylic acids is 1. The fraction of sp³-hybridized carbons (Fsp3) is 0.462. The summed E-state index contributed by atoms with van der Waals surface area (Å²) in [6.45, 7) is 4.08. The first-order chi connectivity index (χ1) is 8.79. The summed E-state index contributed by atoms with van der Waals surface area (Å²) in [5.41, 5.74) is -0.134. The van der Waals surface area contributed by atoms with E-state index >= 15 is 0 Å². The van der Waals surface area contributed by atoms with Crippen LogP contribution in [0.25, 0.3) is 0 Å². The summed E-state index contributed by atoms with van der Waals surface area (Å²) >= 11 is 0. The number of cyclic esters (lactones) is 1. The number of hydrogen-bond acceptors (Lipinski definition) is 2. The molecule has 1 saturated heterocycles. The van der Waals surface area contributed by atoms with E-state index in [9.17, 15) is 18.0 Å². The van der Waals surface area contributed by atoms with Gasteiger partial charge in [0.25, 0.3) is 0 Å². The molecule has 1 aromatic carbocycles. The Balaban J connectivity index is 2.14. The quantitative estimate of drug-likeness (QED) is 0.823. The molecule has 1 unspecified atom stereocenters. The van der Waals surface area contributed by atoms with E-state index < -0.39 is 23.9 Å². The third kappa shape index (κ3) is 2.83. The third-order valence-corrected chi connectivity index (χ3v) is 3.07. The summed E-state index contributed by atoms with van der Waals surface area (Å²) in [6, 6.07) is 4.71. The largest absolute Gasteiger partial charge is 0.439 e. The molecule has 1 heterocycles. The molecule has 6 heteroatoms. The van der Waals surface area contributed by atoms with Crippen LogP contribution in [0, 0.1) is 0 Å². The van der Waals surface area contributed by atoms with Crippen molar-refractivity contribution in [3.05, 3.63) is 35.4 Å². The molecule has 3 nitrogen and oxygen atoms in total. The number of alkyl halides is 3. The molecule has 0 radical (unpaired) electrons. The van der Waals surface area contributed by atoms with E-state index in [-0.39, 0.29) is 6.04 Å². The Morgan fingerprint density at radius 3 is 2.26 bits per heavy atom. The maximum absolute atomic E-state index is 12.4. The lowest BCUT2D eigenvalue weighted by Gasteiger charge is -2.16. The lowest BCUT2D eigenvalue weighted by molar-refractivity contribution is -0.137. The third-order valence-electron chi connectivity index (χ3n) is 3.07. The number of nitrogens with zero attached hydrogens (tertiary/aromatic N) is 1. The van der Waals surface area contributed by atoms with Gasteiger partial charge < -0.3 is 9.64 Å². The standard InChI is InChI=1S/C13H14F3NO2/c1-8(2)17-7-11(19-12(17)18)9-3-5-10(6-4-9)13(14,15)16/h3-6,8,11H,7H2,1-2H3. The molecule has 1 atom stereocenters. The maximum atomic E-state index is 12.4. The monoisotopic (exact) mass is 273 g/mol. The van der Waals surface area contributed by atoms with Crippen LogP contribution in [0.15, 0.2) is 24.3 Å². The average Bonchev–Trinajstić information content (AvgIpc) is 2.70. The highest BCUT2D eigenvalue weighted by Crippen LogP contribution is 2.32. The molecule has 0 aliphatic carbocycles.